The maximum Gasteiger partial charge on any atom is 0.272 e. The summed E-state index contributed by atoms with van der Waals surface area (Å²) in [5.74, 6) is 1.22. The molecule has 0 unspecified atom stereocenters. The summed E-state index contributed by atoms with van der Waals surface area (Å²) < 4.78 is 0. The third-order valence-corrected chi connectivity index (χ3v) is 3.99. The highest BCUT2D eigenvalue weighted by molar-refractivity contribution is 5.93. The molecular formula is C20H28N4O. The molecule has 1 aromatic heterocycles. The van der Waals surface area contributed by atoms with Crippen LogP contribution in [0.15, 0.2) is 30.3 Å². The van der Waals surface area contributed by atoms with Crippen LogP contribution in [0.25, 0.3) is 0 Å². The number of nitrogens with zero attached hydrogens (tertiary/aromatic N) is 3. The smallest absolute Gasteiger partial charge is 0.272 e. The minimum atomic E-state index is -0.0268. The van der Waals surface area contributed by atoms with E-state index < -0.39 is 0 Å². The Kier molecular flexibility index (Phi) is 6.92. The number of hydrogen-bond donors (Lipinski definition) is 1. The van der Waals surface area contributed by atoms with Crippen molar-refractivity contribution in [3.8, 4) is 0 Å². The van der Waals surface area contributed by atoms with Crippen molar-refractivity contribution in [1.29, 1.82) is 0 Å². The monoisotopic (exact) mass is 340 g/mol. The number of hydrogen-bond acceptors (Lipinski definition) is 4. The van der Waals surface area contributed by atoms with Gasteiger partial charge < -0.3 is 10.2 Å². The fourth-order valence-electron chi connectivity index (χ4n) is 2.85. The second-order valence-electron chi connectivity index (χ2n) is 6.11. The summed E-state index contributed by atoms with van der Waals surface area (Å²) in [6, 6.07) is 9.88. The highest BCUT2D eigenvalue weighted by atomic mass is 16.2. The van der Waals surface area contributed by atoms with Crippen LogP contribution in [0.4, 0.5) is 11.5 Å². The number of rotatable bonds is 8. The molecule has 0 bridgehead atoms. The minimum absolute atomic E-state index is 0.0268. The lowest BCUT2D eigenvalue weighted by Crippen LogP contribution is -2.33. The molecule has 25 heavy (non-hydrogen) atoms. The predicted octanol–water partition coefficient (Wildman–Crippen LogP) is 4.35. The molecule has 0 atom stereocenters. The maximum absolute atomic E-state index is 12.8. The maximum atomic E-state index is 12.8. The Bertz CT molecular complexity index is 709. The first kappa shape index (κ1) is 18.9. The van der Waals surface area contributed by atoms with E-state index in [1.807, 2.05) is 30.0 Å². The number of amides is 1. The minimum Gasteiger partial charge on any atom is -0.340 e. The molecule has 0 saturated carbocycles. The second-order valence-corrected chi connectivity index (χ2v) is 6.11. The van der Waals surface area contributed by atoms with Crippen molar-refractivity contribution in [3.05, 3.63) is 47.4 Å². The standard InChI is InChI=1S/C20H28N4O/c1-5-12-24(13-6-2)20(25)18-14-19(22-15(4)21-18)23-17-11-9-8-10-16(17)7-3/h8-11,14H,5-7,12-13H2,1-4H3,(H,21,22,23). The molecule has 2 aromatic rings. The van der Waals surface area contributed by atoms with Crippen LogP contribution in [0.2, 0.25) is 0 Å². The van der Waals surface area contributed by atoms with Crippen LogP contribution >= 0.6 is 0 Å². The van der Waals surface area contributed by atoms with Crippen molar-refractivity contribution in [2.45, 2.75) is 47.0 Å². The highest BCUT2D eigenvalue weighted by Gasteiger charge is 2.17. The first-order valence-corrected chi connectivity index (χ1v) is 9.08. The predicted molar refractivity (Wildman–Crippen MR) is 102 cm³/mol. The number of aromatic nitrogens is 2. The molecule has 2 rings (SSSR count). The Balaban J connectivity index is 2.29. The molecule has 5 nitrogen and oxygen atoms in total. The Morgan fingerprint density at radius 2 is 1.76 bits per heavy atom. The molecule has 0 radical (unpaired) electrons. The average Bonchev–Trinajstić information content (AvgIpc) is 2.61. The zero-order valence-electron chi connectivity index (χ0n) is 15.7. The zero-order valence-corrected chi connectivity index (χ0v) is 15.7. The van der Waals surface area contributed by atoms with Gasteiger partial charge in [0.25, 0.3) is 5.91 Å². The molecule has 0 spiro atoms. The molecule has 1 aromatic carbocycles. The van der Waals surface area contributed by atoms with E-state index in [-0.39, 0.29) is 5.91 Å². The number of anilines is 2. The van der Waals surface area contributed by atoms with Gasteiger partial charge in [0.05, 0.1) is 0 Å². The Labute approximate surface area is 150 Å². The van der Waals surface area contributed by atoms with Crippen LogP contribution in [0, 0.1) is 6.92 Å². The summed E-state index contributed by atoms with van der Waals surface area (Å²) in [7, 11) is 0. The number of aryl methyl sites for hydroxylation is 2. The van der Waals surface area contributed by atoms with Gasteiger partial charge in [-0.2, -0.15) is 0 Å². The molecule has 134 valence electrons. The fraction of sp³-hybridized carbons (Fsp3) is 0.450. The van der Waals surface area contributed by atoms with Crippen molar-refractivity contribution in [2.75, 3.05) is 18.4 Å². The lowest BCUT2D eigenvalue weighted by atomic mass is 10.1. The Morgan fingerprint density at radius 3 is 2.40 bits per heavy atom. The molecule has 1 N–H and O–H groups in total. The van der Waals surface area contributed by atoms with Gasteiger partial charge in [-0.05, 0) is 37.8 Å². The van der Waals surface area contributed by atoms with Crippen molar-refractivity contribution < 1.29 is 4.79 Å². The number of nitrogens with one attached hydrogen (secondary N) is 1. The number of para-hydroxylation sites is 1. The zero-order chi connectivity index (χ0) is 18.2. The van der Waals surface area contributed by atoms with E-state index in [4.69, 9.17) is 0 Å². The van der Waals surface area contributed by atoms with Gasteiger partial charge in [-0.1, -0.05) is 39.0 Å². The summed E-state index contributed by atoms with van der Waals surface area (Å²) in [4.78, 5) is 23.5. The number of carbonyl (C=O) groups is 1. The molecule has 1 heterocycles. The largest absolute Gasteiger partial charge is 0.340 e. The van der Waals surface area contributed by atoms with E-state index in [9.17, 15) is 4.79 Å². The van der Waals surface area contributed by atoms with Gasteiger partial charge in [-0.25, -0.2) is 9.97 Å². The third-order valence-electron chi connectivity index (χ3n) is 3.99. The van der Waals surface area contributed by atoms with Gasteiger partial charge in [-0.3, -0.25) is 4.79 Å². The molecule has 0 fully saturated rings. The van der Waals surface area contributed by atoms with Crippen molar-refractivity contribution >= 4 is 17.4 Å². The SMILES string of the molecule is CCCN(CCC)C(=O)c1cc(Nc2ccccc2CC)nc(C)n1. The number of carbonyl (C=O) groups excluding carboxylic acids is 1. The average molecular weight is 340 g/mol. The molecule has 1 amide bonds. The number of benzene rings is 1. The third kappa shape index (κ3) is 5.02. The van der Waals surface area contributed by atoms with Crippen molar-refractivity contribution in [1.82, 2.24) is 14.9 Å². The van der Waals surface area contributed by atoms with Crippen LogP contribution < -0.4 is 5.32 Å². The Morgan fingerprint density at radius 1 is 1.08 bits per heavy atom. The van der Waals surface area contributed by atoms with Crippen LogP contribution in [0.1, 0.15) is 55.5 Å². The quantitative estimate of drug-likeness (QED) is 0.776. The lowest BCUT2D eigenvalue weighted by Gasteiger charge is -2.21. The van der Waals surface area contributed by atoms with Crippen LogP contribution in [-0.2, 0) is 6.42 Å². The van der Waals surface area contributed by atoms with Gasteiger partial charge in [0.2, 0.25) is 0 Å². The molecule has 5 heteroatoms. The van der Waals surface area contributed by atoms with Gasteiger partial charge in [0.15, 0.2) is 0 Å². The van der Waals surface area contributed by atoms with E-state index in [0.717, 1.165) is 38.0 Å². The van der Waals surface area contributed by atoms with Crippen LogP contribution in [0.5, 0.6) is 0 Å². The van der Waals surface area contributed by atoms with E-state index in [0.29, 0.717) is 17.3 Å². The lowest BCUT2D eigenvalue weighted by molar-refractivity contribution is 0.0749. The molecular weight excluding hydrogens is 312 g/mol. The van der Waals surface area contributed by atoms with E-state index >= 15 is 0 Å². The topological polar surface area (TPSA) is 58.1 Å². The molecule has 0 aliphatic heterocycles. The van der Waals surface area contributed by atoms with Crippen LogP contribution in [-0.4, -0.2) is 33.9 Å². The highest BCUT2D eigenvalue weighted by Crippen LogP contribution is 2.21. The van der Waals surface area contributed by atoms with Crippen molar-refractivity contribution in [3.63, 3.8) is 0 Å². The van der Waals surface area contributed by atoms with Gasteiger partial charge in [-0.15, -0.1) is 0 Å². The van der Waals surface area contributed by atoms with E-state index in [1.54, 1.807) is 6.07 Å². The molecule has 0 aliphatic carbocycles. The van der Waals surface area contributed by atoms with Crippen LogP contribution in [0.3, 0.4) is 0 Å². The van der Waals surface area contributed by atoms with E-state index in [2.05, 4.69) is 42.1 Å². The summed E-state index contributed by atoms with van der Waals surface area (Å²) in [6.45, 7) is 9.59. The first-order chi connectivity index (χ1) is 12.1. The van der Waals surface area contributed by atoms with Gasteiger partial charge in [0.1, 0.15) is 17.3 Å². The normalized spacial score (nSPS) is 10.6. The second kappa shape index (κ2) is 9.16. The summed E-state index contributed by atoms with van der Waals surface area (Å²) in [5, 5.41) is 3.34. The summed E-state index contributed by atoms with van der Waals surface area (Å²) in [5.41, 5.74) is 2.68. The summed E-state index contributed by atoms with van der Waals surface area (Å²) in [6.07, 6.45) is 2.80. The Hall–Kier alpha value is -2.43. The fourth-order valence-corrected chi connectivity index (χ4v) is 2.85. The van der Waals surface area contributed by atoms with Gasteiger partial charge in [0, 0.05) is 24.8 Å². The molecule has 0 saturated heterocycles. The van der Waals surface area contributed by atoms with Crippen molar-refractivity contribution in [2.24, 2.45) is 0 Å². The first-order valence-electron chi connectivity index (χ1n) is 9.08. The molecule has 0 aliphatic rings. The van der Waals surface area contributed by atoms with E-state index in [1.165, 1.54) is 5.56 Å². The summed E-state index contributed by atoms with van der Waals surface area (Å²) >= 11 is 0. The van der Waals surface area contributed by atoms with Gasteiger partial charge >= 0.3 is 0 Å².